The molecular formula is C17H13F2N3O. The van der Waals surface area contributed by atoms with E-state index in [-0.39, 0.29) is 5.69 Å². The standard InChI is InChI=1S/C17H13F2N3O/c18-12-3-8-15(19)16(11-12)21-17(23)20-13-4-6-14(7-5-13)22-9-1-2-10-22/h1-11H,(H2,20,21,23). The molecule has 0 fully saturated rings. The van der Waals surface area contributed by atoms with Crippen LogP contribution in [-0.4, -0.2) is 10.6 Å². The normalized spacial score (nSPS) is 10.3. The summed E-state index contributed by atoms with van der Waals surface area (Å²) in [4.78, 5) is 11.8. The van der Waals surface area contributed by atoms with Gasteiger partial charge >= 0.3 is 6.03 Å². The highest BCUT2D eigenvalue weighted by atomic mass is 19.1. The summed E-state index contributed by atoms with van der Waals surface area (Å²) in [5.41, 5.74) is 1.26. The van der Waals surface area contributed by atoms with Crippen LogP contribution < -0.4 is 10.6 Å². The third kappa shape index (κ3) is 3.55. The molecule has 0 spiro atoms. The largest absolute Gasteiger partial charge is 0.324 e. The van der Waals surface area contributed by atoms with Gasteiger partial charge in [-0.15, -0.1) is 0 Å². The molecule has 116 valence electrons. The average molecular weight is 313 g/mol. The van der Waals surface area contributed by atoms with Crippen molar-refractivity contribution in [2.75, 3.05) is 10.6 Å². The molecule has 1 aromatic heterocycles. The summed E-state index contributed by atoms with van der Waals surface area (Å²) in [5.74, 6) is -1.33. The van der Waals surface area contributed by atoms with Crippen molar-refractivity contribution in [3.8, 4) is 5.69 Å². The van der Waals surface area contributed by atoms with Gasteiger partial charge in [-0.05, 0) is 48.5 Å². The van der Waals surface area contributed by atoms with Gasteiger partial charge in [0.1, 0.15) is 11.6 Å². The number of rotatable bonds is 3. The molecule has 0 aliphatic rings. The fraction of sp³-hybridized carbons (Fsp3) is 0. The van der Waals surface area contributed by atoms with Crippen molar-refractivity contribution < 1.29 is 13.6 Å². The molecule has 6 heteroatoms. The molecule has 3 aromatic rings. The van der Waals surface area contributed by atoms with Crippen molar-refractivity contribution in [3.05, 3.63) is 78.6 Å². The van der Waals surface area contributed by atoms with Crippen molar-refractivity contribution in [2.24, 2.45) is 0 Å². The summed E-state index contributed by atoms with van der Waals surface area (Å²) in [5, 5.41) is 4.83. The van der Waals surface area contributed by atoms with E-state index in [4.69, 9.17) is 0 Å². The molecule has 0 radical (unpaired) electrons. The molecular weight excluding hydrogens is 300 g/mol. The maximum atomic E-state index is 13.5. The first-order valence-electron chi connectivity index (χ1n) is 6.88. The SMILES string of the molecule is O=C(Nc1ccc(-n2cccc2)cc1)Nc1cc(F)ccc1F. The summed E-state index contributed by atoms with van der Waals surface area (Å²) in [6.45, 7) is 0. The molecule has 0 unspecified atom stereocenters. The zero-order valence-corrected chi connectivity index (χ0v) is 12.0. The van der Waals surface area contributed by atoms with Crippen molar-refractivity contribution in [3.63, 3.8) is 0 Å². The van der Waals surface area contributed by atoms with Crippen LogP contribution in [0.2, 0.25) is 0 Å². The van der Waals surface area contributed by atoms with E-state index in [0.717, 1.165) is 23.9 Å². The van der Waals surface area contributed by atoms with Crippen molar-refractivity contribution in [1.29, 1.82) is 0 Å². The number of hydrogen-bond donors (Lipinski definition) is 2. The van der Waals surface area contributed by atoms with E-state index in [1.54, 1.807) is 12.1 Å². The quantitative estimate of drug-likeness (QED) is 0.739. The Labute approximate surface area is 131 Å². The second kappa shape index (κ2) is 6.31. The second-order valence-corrected chi connectivity index (χ2v) is 4.84. The number of nitrogens with zero attached hydrogens (tertiary/aromatic N) is 1. The lowest BCUT2D eigenvalue weighted by molar-refractivity contribution is 0.262. The Morgan fingerprint density at radius 1 is 0.913 bits per heavy atom. The second-order valence-electron chi connectivity index (χ2n) is 4.84. The first kappa shape index (κ1) is 14.8. The summed E-state index contributed by atoms with van der Waals surface area (Å²) in [6.07, 6.45) is 3.81. The minimum Gasteiger partial charge on any atom is -0.324 e. The number of hydrogen-bond acceptors (Lipinski definition) is 1. The third-order valence-electron chi connectivity index (χ3n) is 3.20. The maximum absolute atomic E-state index is 13.5. The predicted octanol–water partition coefficient (Wildman–Crippen LogP) is 4.40. The minimum atomic E-state index is -0.704. The number of halogens is 2. The summed E-state index contributed by atoms with van der Waals surface area (Å²) >= 11 is 0. The number of amides is 2. The van der Waals surface area contributed by atoms with E-state index in [9.17, 15) is 13.6 Å². The number of carbonyl (C=O) groups excluding carboxylic acids is 1. The third-order valence-corrected chi connectivity index (χ3v) is 3.20. The van der Waals surface area contributed by atoms with Crippen LogP contribution in [0, 0.1) is 11.6 Å². The van der Waals surface area contributed by atoms with Crippen LogP contribution in [0.3, 0.4) is 0 Å². The molecule has 0 bridgehead atoms. The van der Waals surface area contributed by atoms with Gasteiger partial charge in [-0.2, -0.15) is 0 Å². The van der Waals surface area contributed by atoms with Gasteiger partial charge in [0, 0.05) is 29.8 Å². The van der Waals surface area contributed by atoms with Gasteiger partial charge in [-0.25, -0.2) is 13.6 Å². The van der Waals surface area contributed by atoms with E-state index in [1.807, 2.05) is 41.2 Å². The molecule has 2 aromatic carbocycles. The first-order valence-corrected chi connectivity index (χ1v) is 6.88. The number of anilines is 2. The smallest absolute Gasteiger partial charge is 0.323 e. The molecule has 0 saturated heterocycles. The van der Waals surface area contributed by atoms with Gasteiger partial charge in [0.05, 0.1) is 5.69 Å². The molecule has 3 rings (SSSR count). The van der Waals surface area contributed by atoms with E-state index in [1.165, 1.54) is 0 Å². The van der Waals surface area contributed by atoms with Crippen molar-refractivity contribution in [2.45, 2.75) is 0 Å². The van der Waals surface area contributed by atoms with Crippen LogP contribution in [0.1, 0.15) is 0 Å². The van der Waals surface area contributed by atoms with Crippen LogP contribution >= 0.6 is 0 Å². The lowest BCUT2D eigenvalue weighted by Gasteiger charge is -2.09. The molecule has 0 saturated carbocycles. The van der Waals surface area contributed by atoms with Crippen LogP contribution in [0.4, 0.5) is 25.0 Å². The Morgan fingerprint density at radius 3 is 2.30 bits per heavy atom. The van der Waals surface area contributed by atoms with Gasteiger partial charge in [0.2, 0.25) is 0 Å². The topological polar surface area (TPSA) is 46.1 Å². The van der Waals surface area contributed by atoms with Gasteiger partial charge < -0.3 is 15.2 Å². The Balaban J connectivity index is 1.67. The number of benzene rings is 2. The number of aromatic nitrogens is 1. The zero-order chi connectivity index (χ0) is 16.2. The summed E-state index contributed by atoms with van der Waals surface area (Å²) < 4.78 is 28.5. The first-order chi connectivity index (χ1) is 11.1. The molecule has 2 N–H and O–H groups in total. The van der Waals surface area contributed by atoms with E-state index in [0.29, 0.717) is 5.69 Å². The highest BCUT2D eigenvalue weighted by Gasteiger charge is 2.08. The van der Waals surface area contributed by atoms with Gasteiger partial charge in [0.25, 0.3) is 0 Å². The van der Waals surface area contributed by atoms with E-state index in [2.05, 4.69) is 10.6 Å². The van der Waals surface area contributed by atoms with Gasteiger partial charge in [0.15, 0.2) is 0 Å². The maximum Gasteiger partial charge on any atom is 0.323 e. The molecule has 23 heavy (non-hydrogen) atoms. The fourth-order valence-electron chi connectivity index (χ4n) is 2.10. The van der Waals surface area contributed by atoms with Crippen LogP contribution in [0.15, 0.2) is 67.0 Å². The number of nitrogens with one attached hydrogen (secondary N) is 2. The van der Waals surface area contributed by atoms with Crippen molar-refractivity contribution >= 4 is 17.4 Å². The van der Waals surface area contributed by atoms with Crippen LogP contribution in [0.5, 0.6) is 0 Å². The highest BCUT2D eigenvalue weighted by Crippen LogP contribution is 2.17. The van der Waals surface area contributed by atoms with Gasteiger partial charge in [-0.3, -0.25) is 0 Å². The molecule has 4 nitrogen and oxygen atoms in total. The number of carbonyl (C=O) groups is 1. The Morgan fingerprint density at radius 2 is 1.61 bits per heavy atom. The zero-order valence-electron chi connectivity index (χ0n) is 12.0. The average Bonchev–Trinajstić information content (AvgIpc) is 3.06. The summed E-state index contributed by atoms with van der Waals surface area (Å²) in [6, 6.07) is 13.1. The van der Waals surface area contributed by atoms with E-state index < -0.39 is 17.7 Å². The molecule has 0 aliphatic heterocycles. The molecule has 0 aliphatic carbocycles. The molecule has 1 heterocycles. The fourth-order valence-corrected chi connectivity index (χ4v) is 2.10. The summed E-state index contributed by atoms with van der Waals surface area (Å²) in [7, 11) is 0. The van der Waals surface area contributed by atoms with Crippen LogP contribution in [0.25, 0.3) is 5.69 Å². The number of urea groups is 1. The van der Waals surface area contributed by atoms with Crippen molar-refractivity contribution in [1.82, 2.24) is 4.57 Å². The van der Waals surface area contributed by atoms with Crippen LogP contribution in [-0.2, 0) is 0 Å². The molecule has 0 atom stereocenters. The van der Waals surface area contributed by atoms with E-state index >= 15 is 0 Å². The lowest BCUT2D eigenvalue weighted by Crippen LogP contribution is -2.20. The molecule has 2 amide bonds. The Hall–Kier alpha value is -3.15. The lowest BCUT2D eigenvalue weighted by atomic mass is 10.2. The Bertz CT molecular complexity index is 814. The monoisotopic (exact) mass is 313 g/mol. The predicted molar refractivity (Wildman–Crippen MR) is 84.8 cm³/mol. The van der Waals surface area contributed by atoms with Gasteiger partial charge in [-0.1, -0.05) is 0 Å². The Kier molecular flexibility index (Phi) is 4.05. The highest BCUT2D eigenvalue weighted by molar-refractivity contribution is 5.99. The minimum absolute atomic E-state index is 0.216.